The molecule has 1 aromatic rings. The van der Waals surface area contributed by atoms with Gasteiger partial charge in [-0.05, 0) is 13.8 Å². The van der Waals surface area contributed by atoms with Gasteiger partial charge in [-0.25, -0.2) is 9.97 Å². The van der Waals surface area contributed by atoms with E-state index < -0.39 is 12.0 Å². The minimum Gasteiger partial charge on any atom is -0.354 e. The maximum atomic E-state index is 12.7. The molecule has 0 unspecified atom stereocenters. The van der Waals surface area contributed by atoms with E-state index in [1.807, 2.05) is 4.90 Å². The van der Waals surface area contributed by atoms with Crippen LogP contribution in [0.4, 0.5) is 19.0 Å². The molecule has 8 heteroatoms. The van der Waals surface area contributed by atoms with Gasteiger partial charge in [0.25, 0.3) is 0 Å². The minimum atomic E-state index is -4.58. The maximum absolute atomic E-state index is 12.7. The van der Waals surface area contributed by atoms with Gasteiger partial charge in [-0.15, -0.1) is 0 Å². The van der Waals surface area contributed by atoms with Gasteiger partial charge in [0.2, 0.25) is 5.82 Å². The van der Waals surface area contributed by atoms with Crippen LogP contribution in [-0.2, 0) is 6.18 Å². The van der Waals surface area contributed by atoms with Crippen molar-refractivity contribution in [2.75, 3.05) is 31.1 Å². The number of nitrogens with zero attached hydrogens (tertiary/aromatic N) is 4. The summed E-state index contributed by atoms with van der Waals surface area (Å²) in [6.45, 7) is 7.03. The molecule has 2 rings (SSSR count). The SMILES string of the molecule is CC(C)N1CCN(c2cc(Cl)nc(C(F)(F)F)n2)CC1. The third-order valence-corrected chi connectivity index (χ3v) is 3.50. The van der Waals surface area contributed by atoms with E-state index in [1.165, 1.54) is 6.07 Å². The number of hydrogen-bond donors (Lipinski definition) is 0. The summed E-state index contributed by atoms with van der Waals surface area (Å²) in [5.41, 5.74) is 0. The molecule has 20 heavy (non-hydrogen) atoms. The van der Waals surface area contributed by atoms with Crippen molar-refractivity contribution in [1.29, 1.82) is 0 Å². The van der Waals surface area contributed by atoms with E-state index in [9.17, 15) is 13.2 Å². The molecule has 112 valence electrons. The third-order valence-electron chi connectivity index (χ3n) is 3.30. The van der Waals surface area contributed by atoms with Crippen molar-refractivity contribution >= 4 is 17.4 Å². The summed E-state index contributed by atoms with van der Waals surface area (Å²) in [5, 5.41) is -0.186. The van der Waals surface area contributed by atoms with Crippen LogP contribution in [0.25, 0.3) is 0 Å². The summed E-state index contributed by atoms with van der Waals surface area (Å²) in [7, 11) is 0. The highest BCUT2D eigenvalue weighted by molar-refractivity contribution is 6.29. The van der Waals surface area contributed by atoms with Gasteiger partial charge >= 0.3 is 6.18 Å². The molecule has 0 saturated carbocycles. The summed E-state index contributed by atoms with van der Waals surface area (Å²) in [4.78, 5) is 10.9. The standard InChI is InChI=1S/C12H16ClF3N4/c1-8(2)19-3-5-20(6-4-19)10-7-9(13)17-11(18-10)12(14,15)16/h7-8H,3-6H2,1-2H3. The third kappa shape index (κ3) is 3.52. The largest absolute Gasteiger partial charge is 0.451 e. The first-order chi connectivity index (χ1) is 9.27. The lowest BCUT2D eigenvalue weighted by atomic mass is 10.2. The molecule has 4 nitrogen and oxygen atoms in total. The Bertz CT molecular complexity index is 470. The van der Waals surface area contributed by atoms with Gasteiger partial charge in [-0.1, -0.05) is 11.6 Å². The van der Waals surface area contributed by atoms with Crippen LogP contribution in [-0.4, -0.2) is 47.1 Å². The summed E-state index contributed by atoms with van der Waals surface area (Å²) < 4.78 is 38.0. The monoisotopic (exact) mass is 308 g/mol. The second-order valence-electron chi connectivity index (χ2n) is 4.99. The van der Waals surface area contributed by atoms with E-state index in [0.29, 0.717) is 19.1 Å². The van der Waals surface area contributed by atoms with E-state index in [2.05, 4.69) is 28.7 Å². The first kappa shape index (κ1) is 15.3. The van der Waals surface area contributed by atoms with Gasteiger partial charge in [0.1, 0.15) is 11.0 Å². The Kier molecular flexibility index (Phi) is 4.39. The molecule has 1 saturated heterocycles. The van der Waals surface area contributed by atoms with Gasteiger partial charge in [-0.3, -0.25) is 4.90 Å². The Morgan fingerprint density at radius 3 is 2.25 bits per heavy atom. The smallest absolute Gasteiger partial charge is 0.354 e. The molecule has 0 amide bonds. The second-order valence-corrected chi connectivity index (χ2v) is 5.37. The fourth-order valence-electron chi connectivity index (χ4n) is 2.16. The van der Waals surface area contributed by atoms with Crippen molar-refractivity contribution in [3.8, 4) is 0 Å². The lowest BCUT2D eigenvalue weighted by molar-refractivity contribution is -0.144. The quantitative estimate of drug-likeness (QED) is 0.786. The predicted octanol–water partition coefficient (Wildman–Crippen LogP) is 2.68. The predicted molar refractivity (Wildman–Crippen MR) is 71.0 cm³/mol. The highest BCUT2D eigenvalue weighted by Gasteiger charge is 2.36. The van der Waals surface area contributed by atoms with E-state index in [4.69, 9.17) is 11.6 Å². The number of rotatable bonds is 2. The number of alkyl halides is 3. The van der Waals surface area contributed by atoms with E-state index in [0.717, 1.165) is 13.1 Å². The average molecular weight is 309 g/mol. The molecule has 1 aromatic heterocycles. The summed E-state index contributed by atoms with van der Waals surface area (Å²) in [5.74, 6) is -0.952. The van der Waals surface area contributed by atoms with Crippen LogP contribution in [0.1, 0.15) is 19.7 Å². The van der Waals surface area contributed by atoms with Crippen LogP contribution in [0.5, 0.6) is 0 Å². The van der Waals surface area contributed by atoms with Crippen molar-refractivity contribution < 1.29 is 13.2 Å². The average Bonchev–Trinajstić information content (AvgIpc) is 2.37. The molecule has 1 fully saturated rings. The molecule has 0 radical (unpaired) electrons. The summed E-state index contributed by atoms with van der Waals surface area (Å²) in [6, 6.07) is 1.80. The molecule has 1 aliphatic heterocycles. The van der Waals surface area contributed by atoms with Crippen LogP contribution in [0.15, 0.2) is 6.07 Å². The highest BCUT2D eigenvalue weighted by Crippen LogP contribution is 2.29. The molecule has 0 N–H and O–H groups in total. The van der Waals surface area contributed by atoms with Crippen molar-refractivity contribution in [2.24, 2.45) is 0 Å². The van der Waals surface area contributed by atoms with E-state index in [-0.39, 0.29) is 11.0 Å². The van der Waals surface area contributed by atoms with Gasteiger partial charge in [0.05, 0.1) is 0 Å². The lowest BCUT2D eigenvalue weighted by Crippen LogP contribution is -2.49. The Hall–Kier alpha value is -1.08. The fourth-order valence-corrected chi connectivity index (χ4v) is 2.34. The molecule has 1 aliphatic rings. The molecular weight excluding hydrogens is 293 g/mol. The lowest BCUT2D eigenvalue weighted by Gasteiger charge is -2.37. The molecule has 0 spiro atoms. The summed E-state index contributed by atoms with van der Waals surface area (Å²) in [6.07, 6.45) is -4.58. The van der Waals surface area contributed by atoms with Crippen LogP contribution >= 0.6 is 11.6 Å². The van der Waals surface area contributed by atoms with Crippen molar-refractivity contribution in [2.45, 2.75) is 26.1 Å². The Morgan fingerprint density at radius 1 is 1.15 bits per heavy atom. The molecule has 0 aromatic carbocycles. The normalized spacial score (nSPS) is 17.9. The fraction of sp³-hybridized carbons (Fsp3) is 0.667. The number of piperazine rings is 1. The number of aromatic nitrogens is 2. The van der Waals surface area contributed by atoms with Crippen LogP contribution in [0.3, 0.4) is 0 Å². The Morgan fingerprint density at radius 2 is 1.75 bits per heavy atom. The first-order valence-electron chi connectivity index (χ1n) is 6.38. The van der Waals surface area contributed by atoms with E-state index >= 15 is 0 Å². The minimum absolute atomic E-state index is 0.186. The van der Waals surface area contributed by atoms with Gasteiger partial charge in [-0.2, -0.15) is 13.2 Å². The number of hydrogen-bond acceptors (Lipinski definition) is 4. The van der Waals surface area contributed by atoms with Gasteiger partial charge < -0.3 is 4.90 Å². The van der Waals surface area contributed by atoms with Crippen LogP contribution in [0.2, 0.25) is 5.15 Å². The van der Waals surface area contributed by atoms with Crippen molar-refractivity contribution in [3.05, 3.63) is 17.0 Å². The zero-order valence-corrected chi connectivity index (χ0v) is 12.0. The maximum Gasteiger partial charge on any atom is 0.451 e. The van der Waals surface area contributed by atoms with Crippen LogP contribution in [0, 0.1) is 0 Å². The van der Waals surface area contributed by atoms with Crippen LogP contribution < -0.4 is 4.90 Å². The number of halogens is 4. The molecule has 0 atom stereocenters. The summed E-state index contributed by atoms with van der Waals surface area (Å²) >= 11 is 5.67. The molecule has 0 aliphatic carbocycles. The van der Waals surface area contributed by atoms with Crippen molar-refractivity contribution in [3.63, 3.8) is 0 Å². The zero-order chi connectivity index (χ0) is 14.9. The molecule has 2 heterocycles. The van der Waals surface area contributed by atoms with E-state index in [1.54, 1.807) is 0 Å². The number of anilines is 1. The Balaban J connectivity index is 2.16. The van der Waals surface area contributed by atoms with Gasteiger partial charge in [0.15, 0.2) is 0 Å². The topological polar surface area (TPSA) is 32.3 Å². The highest BCUT2D eigenvalue weighted by atomic mass is 35.5. The first-order valence-corrected chi connectivity index (χ1v) is 6.76. The van der Waals surface area contributed by atoms with Crippen molar-refractivity contribution in [1.82, 2.24) is 14.9 Å². The van der Waals surface area contributed by atoms with Gasteiger partial charge in [0, 0.05) is 38.3 Å². The second kappa shape index (κ2) is 5.73. The Labute approximate surface area is 120 Å². The zero-order valence-electron chi connectivity index (χ0n) is 11.3. The molecule has 0 bridgehead atoms. The molecular formula is C12H16ClF3N4.